The van der Waals surface area contributed by atoms with Crippen LogP contribution in [0.4, 0.5) is 5.82 Å². The van der Waals surface area contributed by atoms with Crippen molar-refractivity contribution in [3.05, 3.63) is 59.9 Å². The number of furan rings is 1. The lowest BCUT2D eigenvalue weighted by Crippen LogP contribution is -2.27. The van der Waals surface area contributed by atoms with Crippen LogP contribution in [0.1, 0.15) is 28.8 Å². The Morgan fingerprint density at radius 2 is 2.08 bits per heavy atom. The van der Waals surface area contributed by atoms with Gasteiger partial charge in [-0.2, -0.15) is 0 Å². The number of carbonyl (C=O) groups excluding carboxylic acids is 1. The quantitative estimate of drug-likeness (QED) is 0.707. The summed E-state index contributed by atoms with van der Waals surface area (Å²) in [6, 6.07) is 14.0. The number of hydrogen-bond acceptors (Lipinski definition) is 4. The zero-order valence-electron chi connectivity index (χ0n) is 14.9. The average Bonchev–Trinajstić information content (AvgIpc) is 3.39. The number of aromatic nitrogens is 1. The maximum absolute atomic E-state index is 12.6. The normalized spacial score (nSPS) is 13.7. The number of pyridine rings is 1. The Morgan fingerprint density at radius 3 is 2.85 bits per heavy atom. The lowest BCUT2D eigenvalue weighted by Gasteiger charge is -2.19. The Bertz CT molecular complexity index is 900. The van der Waals surface area contributed by atoms with Crippen LogP contribution in [0.2, 0.25) is 0 Å². The van der Waals surface area contributed by atoms with E-state index in [1.807, 2.05) is 37.4 Å². The van der Waals surface area contributed by atoms with Crippen LogP contribution in [-0.4, -0.2) is 31.0 Å². The van der Waals surface area contributed by atoms with Crippen LogP contribution in [0.5, 0.6) is 0 Å². The van der Waals surface area contributed by atoms with Crippen LogP contribution >= 0.6 is 0 Å². The first kappa shape index (κ1) is 16.6. The molecule has 1 amide bonds. The summed E-state index contributed by atoms with van der Waals surface area (Å²) in [5.41, 5.74) is 3.11. The molecule has 3 aromatic rings. The van der Waals surface area contributed by atoms with Gasteiger partial charge in [-0.25, -0.2) is 4.98 Å². The predicted octanol–water partition coefficient (Wildman–Crippen LogP) is 3.65. The Balaban J connectivity index is 1.53. The zero-order chi connectivity index (χ0) is 17.9. The molecule has 4 rings (SSSR count). The Morgan fingerprint density at radius 1 is 1.27 bits per heavy atom. The number of carbonyl (C=O) groups is 1. The molecule has 0 unspecified atom stereocenters. The topological polar surface area (TPSA) is 58.4 Å². The largest absolute Gasteiger partial charge is 0.462 e. The minimum atomic E-state index is -0.0861. The number of fused-ring (bicyclic) bond motifs is 1. The number of nitrogens with zero attached hydrogens (tertiary/aromatic N) is 2. The van der Waals surface area contributed by atoms with Crippen molar-refractivity contribution in [2.24, 2.45) is 5.92 Å². The van der Waals surface area contributed by atoms with E-state index in [0.717, 1.165) is 25.3 Å². The van der Waals surface area contributed by atoms with Gasteiger partial charge in [-0.15, -0.1) is 0 Å². The highest BCUT2D eigenvalue weighted by Crippen LogP contribution is 2.28. The fourth-order valence-electron chi connectivity index (χ4n) is 3.02. The summed E-state index contributed by atoms with van der Waals surface area (Å²) in [6.45, 7) is 1.56. The highest BCUT2D eigenvalue weighted by atomic mass is 16.3. The monoisotopic (exact) mass is 349 g/mol. The fraction of sp³-hybridized carbons (Fsp3) is 0.333. The van der Waals surface area contributed by atoms with Crippen molar-refractivity contribution >= 4 is 22.8 Å². The van der Waals surface area contributed by atoms with Crippen LogP contribution < -0.4 is 10.2 Å². The van der Waals surface area contributed by atoms with Gasteiger partial charge in [0.05, 0.1) is 11.8 Å². The van der Waals surface area contributed by atoms with Crippen molar-refractivity contribution < 1.29 is 9.21 Å². The molecule has 5 nitrogen and oxygen atoms in total. The first-order valence-corrected chi connectivity index (χ1v) is 9.12. The molecule has 1 saturated carbocycles. The molecule has 0 spiro atoms. The molecule has 134 valence electrons. The minimum Gasteiger partial charge on any atom is -0.462 e. The maximum Gasteiger partial charge on any atom is 0.255 e. The number of rotatable bonds is 7. The number of hydrogen-bond donors (Lipinski definition) is 1. The SMILES string of the molecule is CN(CCc1ccccc1)c1cc(C(=O)NCC2CC2)c2occc2n1. The van der Waals surface area contributed by atoms with Gasteiger partial charge in [-0.3, -0.25) is 4.79 Å². The van der Waals surface area contributed by atoms with E-state index in [9.17, 15) is 4.79 Å². The van der Waals surface area contributed by atoms with E-state index in [2.05, 4.69) is 27.3 Å². The van der Waals surface area contributed by atoms with Crippen molar-refractivity contribution in [1.29, 1.82) is 0 Å². The van der Waals surface area contributed by atoms with Gasteiger partial charge in [0.1, 0.15) is 11.3 Å². The minimum absolute atomic E-state index is 0.0861. The molecule has 26 heavy (non-hydrogen) atoms. The fourth-order valence-corrected chi connectivity index (χ4v) is 3.02. The van der Waals surface area contributed by atoms with Crippen LogP contribution in [0.15, 0.2) is 53.1 Å². The summed E-state index contributed by atoms with van der Waals surface area (Å²) in [5.74, 6) is 1.34. The lowest BCUT2D eigenvalue weighted by atomic mass is 10.1. The molecule has 0 atom stereocenters. The van der Waals surface area contributed by atoms with E-state index in [1.54, 1.807) is 6.26 Å². The molecule has 1 fully saturated rings. The lowest BCUT2D eigenvalue weighted by molar-refractivity contribution is 0.0952. The molecule has 0 aliphatic heterocycles. The predicted molar refractivity (Wildman–Crippen MR) is 102 cm³/mol. The zero-order valence-corrected chi connectivity index (χ0v) is 14.9. The van der Waals surface area contributed by atoms with Crippen LogP contribution in [0, 0.1) is 5.92 Å². The van der Waals surface area contributed by atoms with Gasteiger partial charge in [0, 0.05) is 26.2 Å². The van der Waals surface area contributed by atoms with Crippen molar-refractivity contribution in [2.45, 2.75) is 19.3 Å². The van der Waals surface area contributed by atoms with Gasteiger partial charge < -0.3 is 14.6 Å². The van der Waals surface area contributed by atoms with Gasteiger partial charge in [0.2, 0.25) is 0 Å². The van der Waals surface area contributed by atoms with Gasteiger partial charge in [0.25, 0.3) is 5.91 Å². The molecule has 0 bridgehead atoms. The first-order chi connectivity index (χ1) is 12.7. The number of anilines is 1. The van der Waals surface area contributed by atoms with Crippen LogP contribution in [0.25, 0.3) is 11.1 Å². The average molecular weight is 349 g/mol. The van der Waals surface area contributed by atoms with Gasteiger partial charge in [-0.1, -0.05) is 30.3 Å². The summed E-state index contributed by atoms with van der Waals surface area (Å²) in [7, 11) is 2.00. The molecular formula is C21H23N3O2. The van der Waals surface area contributed by atoms with Gasteiger partial charge >= 0.3 is 0 Å². The number of amides is 1. The molecular weight excluding hydrogens is 326 g/mol. The van der Waals surface area contributed by atoms with E-state index in [1.165, 1.54) is 18.4 Å². The second-order valence-electron chi connectivity index (χ2n) is 6.97. The van der Waals surface area contributed by atoms with E-state index in [0.29, 0.717) is 22.6 Å². The van der Waals surface area contributed by atoms with Crippen LogP contribution in [0.3, 0.4) is 0 Å². The summed E-state index contributed by atoms with van der Waals surface area (Å²) in [4.78, 5) is 19.4. The van der Waals surface area contributed by atoms with E-state index in [4.69, 9.17) is 4.42 Å². The Labute approximate surface area is 153 Å². The molecule has 2 heterocycles. The van der Waals surface area contributed by atoms with E-state index < -0.39 is 0 Å². The molecule has 2 aromatic heterocycles. The molecule has 1 aromatic carbocycles. The number of benzene rings is 1. The third-order valence-corrected chi connectivity index (χ3v) is 4.86. The third-order valence-electron chi connectivity index (χ3n) is 4.86. The smallest absolute Gasteiger partial charge is 0.255 e. The molecule has 1 aliphatic carbocycles. The third kappa shape index (κ3) is 3.72. The molecule has 5 heteroatoms. The summed E-state index contributed by atoms with van der Waals surface area (Å²) >= 11 is 0. The van der Waals surface area contributed by atoms with E-state index in [-0.39, 0.29) is 5.91 Å². The Kier molecular flexibility index (Phi) is 4.61. The number of nitrogens with one attached hydrogen (secondary N) is 1. The van der Waals surface area contributed by atoms with Crippen molar-refractivity contribution in [3.63, 3.8) is 0 Å². The molecule has 0 radical (unpaired) electrons. The Hall–Kier alpha value is -2.82. The summed E-state index contributed by atoms with van der Waals surface area (Å²) in [6.07, 6.45) is 4.93. The second-order valence-corrected chi connectivity index (χ2v) is 6.97. The van der Waals surface area contributed by atoms with E-state index >= 15 is 0 Å². The highest BCUT2D eigenvalue weighted by Gasteiger charge is 2.23. The standard InChI is InChI=1S/C21H23N3O2/c1-24(11-9-15-5-3-2-4-6-15)19-13-17(20-18(23-19)10-12-26-20)21(25)22-14-16-7-8-16/h2-6,10,12-13,16H,7-9,11,14H2,1H3,(H,22,25). The summed E-state index contributed by atoms with van der Waals surface area (Å²) < 4.78 is 5.51. The van der Waals surface area contributed by atoms with Crippen molar-refractivity contribution in [1.82, 2.24) is 10.3 Å². The van der Waals surface area contributed by atoms with Gasteiger partial charge in [-0.05, 0) is 36.8 Å². The first-order valence-electron chi connectivity index (χ1n) is 9.12. The molecule has 0 saturated heterocycles. The molecule has 1 N–H and O–H groups in total. The van der Waals surface area contributed by atoms with Crippen molar-refractivity contribution in [2.75, 3.05) is 25.0 Å². The second kappa shape index (κ2) is 7.20. The highest BCUT2D eigenvalue weighted by molar-refractivity contribution is 6.04. The maximum atomic E-state index is 12.6. The van der Waals surface area contributed by atoms with Crippen molar-refractivity contribution in [3.8, 4) is 0 Å². The van der Waals surface area contributed by atoms with Crippen LogP contribution in [-0.2, 0) is 6.42 Å². The summed E-state index contributed by atoms with van der Waals surface area (Å²) in [5, 5.41) is 3.02. The molecule has 1 aliphatic rings. The van der Waals surface area contributed by atoms with Gasteiger partial charge in [0.15, 0.2) is 5.58 Å². The number of likely N-dealkylation sites (N-methyl/N-ethyl adjacent to an activating group) is 1.